The van der Waals surface area contributed by atoms with Gasteiger partial charge in [-0.15, -0.1) is 0 Å². The molecule has 0 saturated heterocycles. The zero-order valence-corrected chi connectivity index (χ0v) is 17.2. The van der Waals surface area contributed by atoms with E-state index in [0.29, 0.717) is 44.1 Å². The van der Waals surface area contributed by atoms with Gasteiger partial charge in [0, 0.05) is 11.5 Å². The molecule has 0 radical (unpaired) electrons. The second-order valence-electron chi connectivity index (χ2n) is 6.69. The Labute approximate surface area is 175 Å². The summed E-state index contributed by atoms with van der Waals surface area (Å²) in [6.45, 7) is 1.81. The monoisotopic (exact) mass is 427 g/mol. The van der Waals surface area contributed by atoms with Crippen LogP contribution in [0.5, 0.6) is 11.5 Å². The third-order valence-electron chi connectivity index (χ3n) is 4.69. The fourth-order valence-electron chi connectivity index (χ4n) is 3.29. The van der Waals surface area contributed by atoms with Crippen molar-refractivity contribution in [3.63, 3.8) is 0 Å². The van der Waals surface area contributed by atoms with Crippen molar-refractivity contribution in [3.8, 4) is 11.5 Å². The van der Waals surface area contributed by atoms with Crippen LogP contribution in [-0.2, 0) is 11.3 Å². The summed E-state index contributed by atoms with van der Waals surface area (Å²) < 4.78 is 17.3. The molecule has 154 valence electrons. The van der Waals surface area contributed by atoms with Crippen LogP contribution in [0.3, 0.4) is 0 Å². The molecule has 30 heavy (non-hydrogen) atoms. The number of halogens is 1. The van der Waals surface area contributed by atoms with Crippen LogP contribution in [0.25, 0.3) is 21.9 Å². The predicted octanol–water partition coefficient (Wildman–Crippen LogP) is 3.76. The van der Waals surface area contributed by atoms with Crippen molar-refractivity contribution in [2.24, 2.45) is 0 Å². The number of ether oxygens (including phenoxy) is 2. The SMILES string of the molecule is COc1cc(OC)c(NC(=O)Cn2ncc3c(=O)oc4ccc(C)cc4c32)cc1Cl. The molecule has 0 aliphatic carbocycles. The number of nitrogens with zero attached hydrogens (tertiary/aromatic N) is 2. The summed E-state index contributed by atoms with van der Waals surface area (Å²) in [4.78, 5) is 25.0. The van der Waals surface area contributed by atoms with E-state index in [1.54, 1.807) is 18.2 Å². The normalized spacial score (nSPS) is 11.1. The van der Waals surface area contributed by atoms with E-state index in [-0.39, 0.29) is 12.5 Å². The molecule has 1 N–H and O–H groups in total. The lowest BCUT2D eigenvalue weighted by Crippen LogP contribution is -2.20. The highest BCUT2D eigenvalue weighted by Gasteiger charge is 2.17. The minimum absolute atomic E-state index is 0.122. The van der Waals surface area contributed by atoms with Gasteiger partial charge in [-0.25, -0.2) is 4.79 Å². The number of rotatable bonds is 5. The van der Waals surface area contributed by atoms with Gasteiger partial charge in [-0.2, -0.15) is 5.10 Å². The predicted molar refractivity (Wildman–Crippen MR) is 114 cm³/mol. The summed E-state index contributed by atoms with van der Waals surface area (Å²) in [5, 5.41) is 8.34. The number of benzene rings is 2. The summed E-state index contributed by atoms with van der Waals surface area (Å²) in [6.07, 6.45) is 1.40. The second kappa shape index (κ2) is 7.72. The molecule has 0 saturated carbocycles. The highest BCUT2D eigenvalue weighted by Crippen LogP contribution is 2.36. The van der Waals surface area contributed by atoms with Crippen molar-refractivity contribution in [1.82, 2.24) is 9.78 Å². The molecular formula is C21H18ClN3O5. The number of aryl methyl sites for hydroxylation is 1. The van der Waals surface area contributed by atoms with Gasteiger partial charge >= 0.3 is 5.63 Å². The quantitative estimate of drug-likeness (QED) is 0.487. The number of aromatic nitrogens is 2. The first kappa shape index (κ1) is 19.8. The number of methoxy groups -OCH3 is 2. The summed E-state index contributed by atoms with van der Waals surface area (Å²) in [7, 11) is 2.97. The summed E-state index contributed by atoms with van der Waals surface area (Å²) >= 11 is 6.17. The Balaban J connectivity index is 1.71. The molecule has 0 aliphatic heterocycles. The van der Waals surface area contributed by atoms with Crippen LogP contribution in [0, 0.1) is 6.92 Å². The Morgan fingerprint density at radius 1 is 1.17 bits per heavy atom. The molecule has 4 rings (SSSR count). The standard InChI is InChI=1S/C21H18ClN3O5/c1-11-4-5-16-12(6-11)20-13(21(27)30-16)9-23-25(20)10-19(26)24-15-7-14(22)17(28-2)8-18(15)29-3/h4-9H,10H2,1-3H3,(H,24,26). The minimum Gasteiger partial charge on any atom is -0.495 e. The number of carbonyl (C=O) groups excluding carboxylic acids is 1. The van der Waals surface area contributed by atoms with Crippen LogP contribution in [-0.4, -0.2) is 29.9 Å². The molecule has 4 aromatic rings. The average Bonchev–Trinajstić information content (AvgIpc) is 3.13. The Hall–Kier alpha value is -3.52. The molecule has 1 amide bonds. The van der Waals surface area contributed by atoms with E-state index >= 15 is 0 Å². The zero-order chi connectivity index (χ0) is 21.4. The molecule has 0 spiro atoms. The first-order chi connectivity index (χ1) is 14.4. The Bertz CT molecular complexity index is 1340. The maximum atomic E-state index is 12.7. The summed E-state index contributed by atoms with van der Waals surface area (Å²) in [5.74, 6) is 0.461. The molecule has 0 atom stereocenters. The summed E-state index contributed by atoms with van der Waals surface area (Å²) in [5.41, 5.74) is 1.86. The first-order valence-electron chi connectivity index (χ1n) is 9.01. The Kier molecular flexibility index (Phi) is 5.09. The van der Waals surface area contributed by atoms with Gasteiger partial charge in [0.2, 0.25) is 5.91 Å². The maximum Gasteiger partial charge on any atom is 0.347 e. The molecule has 0 aliphatic rings. The van der Waals surface area contributed by atoms with Gasteiger partial charge in [0.15, 0.2) is 0 Å². The Morgan fingerprint density at radius 3 is 2.67 bits per heavy atom. The largest absolute Gasteiger partial charge is 0.495 e. The van der Waals surface area contributed by atoms with Crippen molar-refractivity contribution in [2.75, 3.05) is 19.5 Å². The fourth-order valence-corrected chi connectivity index (χ4v) is 3.54. The number of anilines is 1. The zero-order valence-electron chi connectivity index (χ0n) is 16.5. The smallest absolute Gasteiger partial charge is 0.347 e. The van der Waals surface area contributed by atoms with Crippen molar-refractivity contribution >= 4 is 45.1 Å². The van der Waals surface area contributed by atoms with E-state index in [1.807, 2.05) is 19.1 Å². The van der Waals surface area contributed by atoms with E-state index in [4.69, 9.17) is 25.5 Å². The van der Waals surface area contributed by atoms with Crippen LogP contribution in [0.15, 0.2) is 45.7 Å². The van der Waals surface area contributed by atoms with Crippen molar-refractivity contribution in [3.05, 3.63) is 57.5 Å². The molecule has 2 aromatic carbocycles. The molecule has 2 aromatic heterocycles. The van der Waals surface area contributed by atoms with E-state index in [1.165, 1.54) is 25.1 Å². The number of hydrogen-bond acceptors (Lipinski definition) is 6. The van der Waals surface area contributed by atoms with Gasteiger partial charge < -0.3 is 19.2 Å². The lowest BCUT2D eigenvalue weighted by molar-refractivity contribution is -0.116. The minimum atomic E-state index is -0.503. The molecule has 9 heteroatoms. The lowest BCUT2D eigenvalue weighted by Gasteiger charge is -2.13. The number of hydrogen-bond donors (Lipinski definition) is 1. The molecule has 0 fully saturated rings. The topological polar surface area (TPSA) is 95.6 Å². The van der Waals surface area contributed by atoms with E-state index in [0.717, 1.165) is 5.56 Å². The third kappa shape index (κ3) is 3.46. The van der Waals surface area contributed by atoms with Gasteiger partial charge in [-0.05, 0) is 25.1 Å². The molecule has 2 heterocycles. The second-order valence-corrected chi connectivity index (χ2v) is 7.10. The number of nitrogens with one attached hydrogen (secondary N) is 1. The highest BCUT2D eigenvalue weighted by atomic mass is 35.5. The summed E-state index contributed by atoms with van der Waals surface area (Å²) in [6, 6.07) is 8.61. The number of amides is 1. The Morgan fingerprint density at radius 2 is 1.93 bits per heavy atom. The maximum absolute atomic E-state index is 12.7. The molecular weight excluding hydrogens is 410 g/mol. The number of carbonyl (C=O) groups is 1. The van der Waals surface area contributed by atoms with Crippen LogP contribution < -0.4 is 20.4 Å². The fraction of sp³-hybridized carbons (Fsp3) is 0.190. The third-order valence-corrected chi connectivity index (χ3v) is 4.99. The van der Waals surface area contributed by atoms with E-state index in [2.05, 4.69) is 10.4 Å². The van der Waals surface area contributed by atoms with Gasteiger partial charge in [0.1, 0.15) is 29.0 Å². The molecule has 0 unspecified atom stereocenters. The number of fused-ring (bicyclic) bond motifs is 3. The van der Waals surface area contributed by atoms with Crippen molar-refractivity contribution < 1.29 is 18.7 Å². The van der Waals surface area contributed by atoms with Gasteiger partial charge in [-0.1, -0.05) is 23.2 Å². The van der Waals surface area contributed by atoms with Crippen LogP contribution >= 0.6 is 11.6 Å². The highest BCUT2D eigenvalue weighted by molar-refractivity contribution is 6.32. The van der Waals surface area contributed by atoms with E-state index in [9.17, 15) is 9.59 Å². The van der Waals surface area contributed by atoms with Gasteiger partial charge in [0.25, 0.3) is 0 Å². The van der Waals surface area contributed by atoms with Gasteiger partial charge in [0.05, 0.1) is 36.6 Å². The van der Waals surface area contributed by atoms with Crippen LogP contribution in [0.1, 0.15) is 5.56 Å². The van der Waals surface area contributed by atoms with Gasteiger partial charge in [-0.3, -0.25) is 9.48 Å². The molecule has 8 nitrogen and oxygen atoms in total. The molecule has 0 bridgehead atoms. The lowest BCUT2D eigenvalue weighted by atomic mass is 10.1. The average molecular weight is 428 g/mol. The van der Waals surface area contributed by atoms with E-state index < -0.39 is 5.63 Å². The first-order valence-corrected chi connectivity index (χ1v) is 9.39. The van der Waals surface area contributed by atoms with Crippen LogP contribution in [0.2, 0.25) is 5.02 Å². The van der Waals surface area contributed by atoms with Crippen LogP contribution in [0.4, 0.5) is 5.69 Å². The van der Waals surface area contributed by atoms with Crippen molar-refractivity contribution in [2.45, 2.75) is 13.5 Å². The van der Waals surface area contributed by atoms with Crippen molar-refractivity contribution in [1.29, 1.82) is 0 Å².